The molecule has 3 saturated heterocycles. The van der Waals surface area contributed by atoms with Gasteiger partial charge < -0.3 is 18.8 Å². The van der Waals surface area contributed by atoms with Crippen molar-refractivity contribution in [3.8, 4) is 0 Å². The zero-order valence-corrected chi connectivity index (χ0v) is 14.6. The van der Waals surface area contributed by atoms with Crippen molar-refractivity contribution in [2.24, 2.45) is 0 Å². The van der Waals surface area contributed by atoms with E-state index in [1.807, 2.05) is 6.26 Å². The van der Waals surface area contributed by atoms with E-state index in [0.29, 0.717) is 6.10 Å². The Hall–Kier alpha value is -0.880. The van der Waals surface area contributed by atoms with Gasteiger partial charge in [0.2, 0.25) is 0 Å². The van der Waals surface area contributed by atoms with E-state index in [9.17, 15) is 0 Å². The molecule has 24 heavy (non-hydrogen) atoms. The molecule has 4 heterocycles. The summed E-state index contributed by atoms with van der Waals surface area (Å²) in [6.07, 6.45) is 9.93. The molecule has 0 saturated carbocycles. The van der Waals surface area contributed by atoms with Crippen LogP contribution in [-0.4, -0.2) is 67.4 Å². The lowest BCUT2D eigenvalue weighted by atomic mass is 9.88. The van der Waals surface area contributed by atoms with Crippen molar-refractivity contribution in [2.45, 2.75) is 50.4 Å². The van der Waals surface area contributed by atoms with Gasteiger partial charge >= 0.3 is 0 Å². The minimum Gasteiger partial charge on any atom is -0.472 e. The molecule has 0 radical (unpaired) electrons. The summed E-state index contributed by atoms with van der Waals surface area (Å²) in [5.41, 5.74) is 1.34. The molecule has 0 N–H and O–H groups in total. The van der Waals surface area contributed by atoms with E-state index in [4.69, 9.17) is 13.9 Å². The Balaban J connectivity index is 1.17. The van der Waals surface area contributed by atoms with Crippen molar-refractivity contribution in [3.05, 3.63) is 24.2 Å². The van der Waals surface area contributed by atoms with Crippen LogP contribution in [0.15, 0.2) is 23.0 Å². The number of ether oxygens (including phenoxy) is 2. The highest BCUT2D eigenvalue weighted by molar-refractivity contribution is 5.05. The molecule has 0 bridgehead atoms. The fourth-order valence-corrected chi connectivity index (χ4v) is 4.37. The number of furan rings is 1. The number of hydrogen-bond donors (Lipinski definition) is 0. The van der Waals surface area contributed by atoms with Crippen LogP contribution in [-0.2, 0) is 16.0 Å². The second-order valence-corrected chi connectivity index (χ2v) is 7.65. The smallest absolute Gasteiger partial charge is 0.0947 e. The number of rotatable bonds is 6. The van der Waals surface area contributed by atoms with E-state index in [0.717, 1.165) is 58.7 Å². The van der Waals surface area contributed by atoms with Crippen LogP contribution in [0.1, 0.15) is 37.7 Å². The molecule has 134 valence electrons. The van der Waals surface area contributed by atoms with Crippen molar-refractivity contribution >= 4 is 0 Å². The molecule has 1 aromatic heterocycles. The highest BCUT2D eigenvalue weighted by atomic mass is 16.6. The van der Waals surface area contributed by atoms with Crippen molar-refractivity contribution < 1.29 is 13.9 Å². The third-order valence-corrected chi connectivity index (χ3v) is 5.89. The van der Waals surface area contributed by atoms with E-state index < -0.39 is 0 Å². The van der Waals surface area contributed by atoms with Crippen molar-refractivity contribution in [3.63, 3.8) is 0 Å². The van der Waals surface area contributed by atoms with E-state index in [-0.39, 0.29) is 5.60 Å². The van der Waals surface area contributed by atoms with Gasteiger partial charge in [0.05, 0.1) is 37.4 Å². The van der Waals surface area contributed by atoms with Gasteiger partial charge in [0.25, 0.3) is 0 Å². The van der Waals surface area contributed by atoms with Crippen molar-refractivity contribution in [1.82, 2.24) is 9.80 Å². The number of piperidine rings is 1. The minimum absolute atomic E-state index is 0.0746. The molecule has 0 aromatic carbocycles. The maximum atomic E-state index is 6.22. The van der Waals surface area contributed by atoms with Gasteiger partial charge in [0, 0.05) is 38.2 Å². The summed E-state index contributed by atoms with van der Waals surface area (Å²) in [6.45, 7) is 8.42. The average Bonchev–Trinajstić information content (AvgIpc) is 3.34. The van der Waals surface area contributed by atoms with Crippen LogP contribution in [0, 0.1) is 0 Å². The van der Waals surface area contributed by atoms with Gasteiger partial charge in [0.1, 0.15) is 0 Å². The fraction of sp³-hybridized carbons (Fsp3) is 0.789. The molecule has 5 heteroatoms. The zero-order chi connectivity index (χ0) is 16.2. The molecule has 0 amide bonds. The van der Waals surface area contributed by atoms with Crippen LogP contribution in [0.3, 0.4) is 0 Å². The number of likely N-dealkylation sites (tertiary alicyclic amines) is 2. The highest BCUT2D eigenvalue weighted by Gasteiger charge is 2.43. The lowest BCUT2D eigenvalue weighted by Gasteiger charge is -2.38. The first-order valence-electron chi connectivity index (χ1n) is 9.53. The summed E-state index contributed by atoms with van der Waals surface area (Å²) in [6, 6.07) is 2.06. The number of nitrogens with zero attached hydrogens (tertiary/aromatic N) is 2. The minimum atomic E-state index is 0.0746. The van der Waals surface area contributed by atoms with Gasteiger partial charge in [-0.1, -0.05) is 0 Å². The maximum Gasteiger partial charge on any atom is 0.0947 e. The topological polar surface area (TPSA) is 38.1 Å². The first-order chi connectivity index (χ1) is 11.8. The third-order valence-electron chi connectivity index (χ3n) is 5.89. The first kappa shape index (κ1) is 16.6. The molecule has 3 fully saturated rings. The Kier molecular flexibility index (Phi) is 5.22. The van der Waals surface area contributed by atoms with Crippen LogP contribution in [0.2, 0.25) is 0 Å². The SMILES string of the molecule is c1cc(CN2CCC3(CC2)C[C@@H](OCCN2CCCC2)CO3)co1. The summed E-state index contributed by atoms with van der Waals surface area (Å²) in [4.78, 5) is 5.01. The van der Waals surface area contributed by atoms with E-state index in [1.54, 1.807) is 6.26 Å². The Bertz CT molecular complexity index is 491. The molecular formula is C19H30N2O3. The summed E-state index contributed by atoms with van der Waals surface area (Å²) in [7, 11) is 0. The third kappa shape index (κ3) is 4.02. The normalized spacial score (nSPS) is 28.1. The Labute approximate surface area is 144 Å². The number of hydrogen-bond acceptors (Lipinski definition) is 5. The standard InChI is InChI=1S/C19H30N2O3/c1-2-7-20(6-1)10-12-23-18-13-19(24-16-18)4-8-21(9-5-19)14-17-3-11-22-15-17/h3,11,15,18H,1-2,4-10,12-14,16H2/t18-/m1/s1. The lowest BCUT2D eigenvalue weighted by molar-refractivity contribution is -0.0467. The van der Waals surface area contributed by atoms with Gasteiger partial charge in [-0.05, 0) is 44.8 Å². The molecule has 1 aromatic rings. The molecule has 3 aliphatic heterocycles. The van der Waals surface area contributed by atoms with E-state index >= 15 is 0 Å². The van der Waals surface area contributed by atoms with Crippen LogP contribution < -0.4 is 0 Å². The van der Waals surface area contributed by atoms with Crippen LogP contribution in [0.4, 0.5) is 0 Å². The largest absolute Gasteiger partial charge is 0.472 e. The zero-order valence-electron chi connectivity index (χ0n) is 14.6. The van der Waals surface area contributed by atoms with Gasteiger partial charge in [0.15, 0.2) is 0 Å². The molecule has 1 atom stereocenters. The molecule has 5 nitrogen and oxygen atoms in total. The van der Waals surface area contributed by atoms with Crippen LogP contribution in [0.25, 0.3) is 0 Å². The summed E-state index contributed by atoms with van der Waals surface area (Å²) in [5.74, 6) is 0. The second kappa shape index (κ2) is 7.56. The van der Waals surface area contributed by atoms with Crippen molar-refractivity contribution in [2.75, 3.05) is 45.9 Å². The second-order valence-electron chi connectivity index (χ2n) is 7.65. The Morgan fingerprint density at radius 3 is 2.71 bits per heavy atom. The molecule has 1 spiro atoms. The quantitative estimate of drug-likeness (QED) is 0.799. The summed E-state index contributed by atoms with van der Waals surface area (Å²) >= 11 is 0. The molecule has 0 unspecified atom stereocenters. The maximum absolute atomic E-state index is 6.22. The lowest BCUT2D eigenvalue weighted by Crippen LogP contribution is -2.43. The van der Waals surface area contributed by atoms with Gasteiger partial charge in [-0.15, -0.1) is 0 Å². The Morgan fingerprint density at radius 1 is 1.12 bits per heavy atom. The van der Waals surface area contributed by atoms with Gasteiger partial charge in [-0.2, -0.15) is 0 Å². The summed E-state index contributed by atoms with van der Waals surface area (Å²) < 4.78 is 17.5. The highest BCUT2D eigenvalue weighted by Crippen LogP contribution is 2.37. The summed E-state index contributed by atoms with van der Waals surface area (Å²) in [5, 5.41) is 0. The molecular weight excluding hydrogens is 304 g/mol. The molecule has 3 aliphatic rings. The predicted molar refractivity (Wildman–Crippen MR) is 91.9 cm³/mol. The predicted octanol–water partition coefficient (Wildman–Crippen LogP) is 2.52. The van der Waals surface area contributed by atoms with Crippen LogP contribution in [0.5, 0.6) is 0 Å². The average molecular weight is 334 g/mol. The fourth-order valence-electron chi connectivity index (χ4n) is 4.37. The van der Waals surface area contributed by atoms with Gasteiger partial charge in [-0.25, -0.2) is 0 Å². The van der Waals surface area contributed by atoms with E-state index in [1.165, 1.54) is 31.5 Å². The monoisotopic (exact) mass is 334 g/mol. The molecule has 4 rings (SSSR count). The van der Waals surface area contributed by atoms with Crippen LogP contribution >= 0.6 is 0 Å². The Morgan fingerprint density at radius 2 is 1.96 bits per heavy atom. The first-order valence-corrected chi connectivity index (χ1v) is 9.53. The van der Waals surface area contributed by atoms with Crippen molar-refractivity contribution in [1.29, 1.82) is 0 Å². The molecule has 0 aliphatic carbocycles. The van der Waals surface area contributed by atoms with Gasteiger partial charge in [-0.3, -0.25) is 4.90 Å². The van der Waals surface area contributed by atoms with E-state index in [2.05, 4.69) is 15.9 Å².